The van der Waals surface area contributed by atoms with E-state index in [1.54, 1.807) is 6.07 Å². The van der Waals surface area contributed by atoms with Crippen molar-refractivity contribution >= 4 is 15.9 Å². The molecule has 0 amide bonds. The molecule has 0 spiro atoms. The first-order valence-corrected chi connectivity index (χ1v) is 4.90. The molecular formula is C11H10BrF. The highest BCUT2D eigenvalue weighted by Gasteiger charge is 2.01. The smallest absolute Gasteiger partial charge is 0.127 e. The summed E-state index contributed by atoms with van der Waals surface area (Å²) in [6.07, 6.45) is 7.36. The zero-order valence-electron chi connectivity index (χ0n) is 7.19. The third-order valence-electron chi connectivity index (χ3n) is 1.78. The zero-order chi connectivity index (χ0) is 9.68. The van der Waals surface area contributed by atoms with Gasteiger partial charge in [-0.15, -0.1) is 12.3 Å². The molecule has 0 aliphatic carbocycles. The monoisotopic (exact) mass is 240 g/mol. The van der Waals surface area contributed by atoms with Gasteiger partial charge in [0.15, 0.2) is 0 Å². The summed E-state index contributed by atoms with van der Waals surface area (Å²) in [6.45, 7) is 0. The fourth-order valence-electron chi connectivity index (χ4n) is 1.11. The molecule has 0 nitrogen and oxygen atoms in total. The molecule has 0 heterocycles. The van der Waals surface area contributed by atoms with E-state index >= 15 is 0 Å². The normalized spacial score (nSPS) is 9.62. The lowest BCUT2D eigenvalue weighted by molar-refractivity contribution is 0.604. The fraction of sp³-hybridized carbons (Fsp3) is 0.273. The second-order valence-electron chi connectivity index (χ2n) is 2.79. The summed E-state index contributed by atoms with van der Waals surface area (Å²) in [6, 6.07) is 5.11. The predicted molar refractivity (Wildman–Crippen MR) is 55.9 cm³/mol. The van der Waals surface area contributed by atoms with Crippen molar-refractivity contribution < 1.29 is 4.39 Å². The van der Waals surface area contributed by atoms with Gasteiger partial charge >= 0.3 is 0 Å². The van der Waals surface area contributed by atoms with Crippen molar-refractivity contribution in [1.29, 1.82) is 0 Å². The van der Waals surface area contributed by atoms with Crippen molar-refractivity contribution in [2.45, 2.75) is 19.3 Å². The molecule has 0 N–H and O–H groups in total. The molecule has 0 atom stereocenters. The molecule has 0 saturated carbocycles. The van der Waals surface area contributed by atoms with E-state index in [1.807, 2.05) is 6.07 Å². The summed E-state index contributed by atoms with van der Waals surface area (Å²) < 4.78 is 14.0. The highest BCUT2D eigenvalue weighted by atomic mass is 79.9. The van der Waals surface area contributed by atoms with Gasteiger partial charge in [-0.3, -0.25) is 0 Å². The van der Waals surface area contributed by atoms with Crippen LogP contribution >= 0.6 is 15.9 Å². The van der Waals surface area contributed by atoms with E-state index in [1.165, 1.54) is 6.07 Å². The Kier molecular flexibility index (Phi) is 3.98. The lowest BCUT2D eigenvalue weighted by atomic mass is 10.1. The topological polar surface area (TPSA) is 0 Å². The van der Waals surface area contributed by atoms with Crippen LogP contribution in [-0.4, -0.2) is 0 Å². The Hall–Kier alpha value is -0.810. The average Bonchev–Trinajstić information content (AvgIpc) is 2.09. The summed E-state index contributed by atoms with van der Waals surface area (Å²) in [5.41, 5.74) is 0.735. The lowest BCUT2D eigenvalue weighted by Crippen LogP contribution is -1.90. The van der Waals surface area contributed by atoms with Gasteiger partial charge in [-0.1, -0.05) is 22.0 Å². The van der Waals surface area contributed by atoms with Crippen LogP contribution in [-0.2, 0) is 6.42 Å². The summed E-state index contributed by atoms with van der Waals surface area (Å²) in [5, 5.41) is 0. The minimum absolute atomic E-state index is 0.161. The van der Waals surface area contributed by atoms with Crippen LogP contribution in [0.3, 0.4) is 0 Å². The van der Waals surface area contributed by atoms with Crippen molar-refractivity contribution in [2.24, 2.45) is 0 Å². The first-order valence-electron chi connectivity index (χ1n) is 4.11. The third kappa shape index (κ3) is 3.20. The minimum Gasteiger partial charge on any atom is -0.207 e. The van der Waals surface area contributed by atoms with E-state index in [-0.39, 0.29) is 5.82 Å². The Labute approximate surface area is 86.3 Å². The van der Waals surface area contributed by atoms with E-state index in [0.29, 0.717) is 12.8 Å². The predicted octanol–water partition coefficient (Wildman–Crippen LogP) is 3.54. The number of aryl methyl sites for hydroxylation is 1. The molecule has 0 aliphatic rings. The standard InChI is InChI=1S/C11H10BrF/c1-2-3-4-5-9-6-7-10(12)8-11(9)13/h1,6-8H,3-5H2. The van der Waals surface area contributed by atoms with Crippen LogP contribution in [0.2, 0.25) is 0 Å². The molecule has 13 heavy (non-hydrogen) atoms. The highest BCUT2D eigenvalue weighted by Crippen LogP contribution is 2.16. The van der Waals surface area contributed by atoms with E-state index in [4.69, 9.17) is 6.42 Å². The fourth-order valence-corrected chi connectivity index (χ4v) is 1.44. The van der Waals surface area contributed by atoms with Crippen LogP contribution < -0.4 is 0 Å². The first kappa shape index (κ1) is 10.3. The van der Waals surface area contributed by atoms with Gasteiger partial charge in [-0.2, -0.15) is 0 Å². The summed E-state index contributed by atoms with van der Waals surface area (Å²) >= 11 is 3.21. The number of unbranched alkanes of at least 4 members (excludes halogenated alkanes) is 1. The molecule has 1 aromatic rings. The van der Waals surface area contributed by atoms with E-state index in [2.05, 4.69) is 21.9 Å². The number of hydrogen-bond acceptors (Lipinski definition) is 0. The van der Waals surface area contributed by atoms with Gasteiger partial charge in [-0.05, 0) is 30.5 Å². The summed E-state index contributed by atoms with van der Waals surface area (Å²) in [7, 11) is 0. The van der Waals surface area contributed by atoms with Gasteiger partial charge in [0.25, 0.3) is 0 Å². The van der Waals surface area contributed by atoms with Crippen LogP contribution in [0.25, 0.3) is 0 Å². The first-order chi connectivity index (χ1) is 6.24. The Morgan fingerprint density at radius 2 is 2.23 bits per heavy atom. The number of benzene rings is 1. The number of rotatable bonds is 3. The van der Waals surface area contributed by atoms with Crippen molar-refractivity contribution in [2.75, 3.05) is 0 Å². The zero-order valence-corrected chi connectivity index (χ0v) is 8.77. The molecule has 0 aromatic heterocycles. The van der Waals surface area contributed by atoms with Crippen LogP contribution in [0, 0.1) is 18.2 Å². The SMILES string of the molecule is C#CCCCc1ccc(Br)cc1F. The maximum Gasteiger partial charge on any atom is 0.127 e. The molecule has 0 saturated heterocycles. The maximum atomic E-state index is 13.2. The maximum absolute atomic E-state index is 13.2. The third-order valence-corrected chi connectivity index (χ3v) is 2.28. The minimum atomic E-state index is -0.161. The van der Waals surface area contributed by atoms with Gasteiger partial charge < -0.3 is 0 Å². The van der Waals surface area contributed by atoms with Gasteiger partial charge in [-0.25, -0.2) is 4.39 Å². The molecule has 0 fully saturated rings. The van der Waals surface area contributed by atoms with Crippen molar-refractivity contribution in [3.63, 3.8) is 0 Å². The van der Waals surface area contributed by atoms with E-state index < -0.39 is 0 Å². The lowest BCUT2D eigenvalue weighted by Gasteiger charge is -2.01. The Balaban J connectivity index is 2.62. The number of hydrogen-bond donors (Lipinski definition) is 0. The van der Waals surface area contributed by atoms with Crippen LogP contribution in [0.5, 0.6) is 0 Å². The van der Waals surface area contributed by atoms with Gasteiger partial charge in [0.2, 0.25) is 0 Å². The molecule has 68 valence electrons. The Morgan fingerprint density at radius 1 is 1.46 bits per heavy atom. The van der Waals surface area contributed by atoms with Gasteiger partial charge in [0.1, 0.15) is 5.82 Å². The van der Waals surface area contributed by atoms with E-state index in [0.717, 1.165) is 16.5 Å². The summed E-state index contributed by atoms with van der Waals surface area (Å²) in [4.78, 5) is 0. The van der Waals surface area contributed by atoms with Crippen molar-refractivity contribution in [3.05, 3.63) is 34.1 Å². The largest absolute Gasteiger partial charge is 0.207 e. The second-order valence-corrected chi connectivity index (χ2v) is 3.71. The van der Waals surface area contributed by atoms with E-state index in [9.17, 15) is 4.39 Å². The molecule has 1 rings (SSSR count). The van der Waals surface area contributed by atoms with Crippen LogP contribution in [0.1, 0.15) is 18.4 Å². The van der Waals surface area contributed by atoms with Crippen molar-refractivity contribution in [1.82, 2.24) is 0 Å². The quantitative estimate of drug-likeness (QED) is 0.560. The highest BCUT2D eigenvalue weighted by molar-refractivity contribution is 9.10. The molecule has 1 aromatic carbocycles. The molecule has 0 aliphatic heterocycles. The number of terminal acetylenes is 1. The molecule has 0 radical (unpaired) electrons. The Morgan fingerprint density at radius 3 is 2.85 bits per heavy atom. The molecular weight excluding hydrogens is 231 g/mol. The summed E-state index contributed by atoms with van der Waals surface area (Å²) in [5.74, 6) is 2.38. The Bertz CT molecular complexity index is 325. The molecule has 0 unspecified atom stereocenters. The average molecular weight is 241 g/mol. The van der Waals surface area contributed by atoms with Gasteiger partial charge in [0.05, 0.1) is 0 Å². The van der Waals surface area contributed by atoms with Crippen molar-refractivity contribution in [3.8, 4) is 12.3 Å². The van der Waals surface area contributed by atoms with Crippen LogP contribution in [0.15, 0.2) is 22.7 Å². The van der Waals surface area contributed by atoms with Gasteiger partial charge in [0, 0.05) is 10.9 Å². The number of halogens is 2. The second kappa shape index (κ2) is 5.04. The molecule has 0 bridgehead atoms. The van der Waals surface area contributed by atoms with Crippen LogP contribution in [0.4, 0.5) is 4.39 Å². The molecule has 2 heteroatoms.